The minimum atomic E-state index is -4.63. The van der Waals surface area contributed by atoms with Crippen molar-refractivity contribution in [2.45, 2.75) is 38.4 Å². The summed E-state index contributed by atoms with van der Waals surface area (Å²) in [6, 6.07) is 0. The van der Waals surface area contributed by atoms with Crippen LogP contribution in [-0.2, 0) is 11.7 Å². The molecular weight excluding hydrogens is 285 g/mol. The lowest BCUT2D eigenvalue weighted by atomic mass is 10.0. The minimum absolute atomic E-state index is 0.364. The van der Waals surface area contributed by atoms with Crippen LogP contribution in [0, 0.1) is 0 Å². The molecule has 0 radical (unpaired) electrons. The van der Waals surface area contributed by atoms with Gasteiger partial charge in [0.05, 0.1) is 5.54 Å². The number of amides is 1. The van der Waals surface area contributed by atoms with Gasteiger partial charge in [0.25, 0.3) is 5.91 Å². The maximum Gasteiger partial charge on any atom is 0.449 e. The number of rotatable bonds is 4. The number of primary amides is 1. The van der Waals surface area contributed by atoms with Crippen molar-refractivity contribution >= 4 is 5.91 Å². The van der Waals surface area contributed by atoms with Crippen LogP contribution in [0.4, 0.5) is 13.2 Å². The zero-order valence-electron chi connectivity index (χ0n) is 12.1. The fraction of sp³-hybridized carbons (Fsp3) is 0.692. The van der Waals surface area contributed by atoms with Crippen molar-refractivity contribution in [3.63, 3.8) is 0 Å². The molecule has 1 aliphatic rings. The van der Waals surface area contributed by atoms with Gasteiger partial charge in [0.1, 0.15) is 5.69 Å². The Labute approximate surface area is 120 Å². The number of nitrogens with zero attached hydrogens (tertiary/aromatic N) is 3. The van der Waals surface area contributed by atoms with E-state index >= 15 is 0 Å². The summed E-state index contributed by atoms with van der Waals surface area (Å²) < 4.78 is 40.4. The second-order valence-corrected chi connectivity index (χ2v) is 5.98. The SMILES string of the molecule is CC(C)(CN1CCCC1)n1cc(C(N)=O)nc1C(F)(F)F. The molecule has 118 valence electrons. The summed E-state index contributed by atoms with van der Waals surface area (Å²) in [5.74, 6) is -2.04. The van der Waals surface area contributed by atoms with E-state index in [1.165, 1.54) is 0 Å². The maximum atomic E-state index is 13.1. The van der Waals surface area contributed by atoms with E-state index in [4.69, 9.17) is 5.73 Å². The number of alkyl halides is 3. The van der Waals surface area contributed by atoms with Crippen LogP contribution >= 0.6 is 0 Å². The van der Waals surface area contributed by atoms with Gasteiger partial charge in [0, 0.05) is 12.7 Å². The average Bonchev–Trinajstić information content (AvgIpc) is 2.94. The molecule has 0 atom stereocenters. The van der Waals surface area contributed by atoms with Gasteiger partial charge in [0.15, 0.2) is 0 Å². The highest BCUT2D eigenvalue weighted by Gasteiger charge is 2.41. The molecule has 5 nitrogen and oxygen atoms in total. The van der Waals surface area contributed by atoms with Crippen molar-refractivity contribution < 1.29 is 18.0 Å². The normalized spacial score (nSPS) is 17.4. The Morgan fingerprint density at radius 2 is 1.90 bits per heavy atom. The Morgan fingerprint density at radius 3 is 2.38 bits per heavy atom. The second kappa shape index (κ2) is 5.32. The zero-order valence-corrected chi connectivity index (χ0v) is 12.1. The van der Waals surface area contributed by atoms with Crippen LogP contribution in [0.15, 0.2) is 6.20 Å². The largest absolute Gasteiger partial charge is 0.449 e. The van der Waals surface area contributed by atoms with Gasteiger partial charge in [-0.3, -0.25) is 4.79 Å². The lowest BCUT2D eigenvalue weighted by Crippen LogP contribution is -2.41. The number of likely N-dealkylation sites (tertiary alicyclic amines) is 1. The van der Waals surface area contributed by atoms with E-state index in [0.29, 0.717) is 6.54 Å². The molecule has 1 aromatic heterocycles. The molecule has 2 rings (SSSR count). The molecule has 0 spiro atoms. The molecule has 1 saturated heterocycles. The Balaban J connectivity index is 2.37. The standard InChI is InChI=1S/C13H19F3N4O/c1-12(2,8-19-5-3-4-6-19)20-7-9(10(17)21)18-11(20)13(14,15)16/h7H,3-6,8H2,1-2H3,(H2,17,21). The van der Waals surface area contributed by atoms with Crippen molar-refractivity contribution in [2.24, 2.45) is 5.73 Å². The van der Waals surface area contributed by atoms with Gasteiger partial charge in [-0.1, -0.05) is 0 Å². The Morgan fingerprint density at radius 1 is 1.33 bits per heavy atom. The fourth-order valence-electron chi connectivity index (χ4n) is 2.72. The molecule has 2 heterocycles. The third kappa shape index (κ3) is 3.37. The Hall–Kier alpha value is -1.57. The molecule has 8 heteroatoms. The molecule has 21 heavy (non-hydrogen) atoms. The lowest BCUT2D eigenvalue weighted by Gasteiger charge is -2.33. The number of nitrogens with two attached hydrogens (primary N) is 1. The van der Waals surface area contributed by atoms with Gasteiger partial charge in [-0.2, -0.15) is 13.2 Å². The first-order chi connectivity index (χ1) is 9.61. The highest BCUT2D eigenvalue weighted by Crippen LogP contribution is 2.33. The van der Waals surface area contributed by atoms with Crippen LogP contribution in [0.1, 0.15) is 43.0 Å². The number of carbonyl (C=O) groups excluding carboxylic acids is 1. The summed E-state index contributed by atoms with van der Waals surface area (Å²) >= 11 is 0. The van der Waals surface area contributed by atoms with E-state index in [2.05, 4.69) is 9.88 Å². The highest BCUT2D eigenvalue weighted by atomic mass is 19.4. The lowest BCUT2D eigenvalue weighted by molar-refractivity contribution is -0.149. The predicted octanol–water partition coefficient (Wildman–Crippen LogP) is 1.83. The number of aromatic nitrogens is 2. The molecule has 1 aromatic rings. The molecular formula is C13H19F3N4O. The molecule has 0 aliphatic carbocycles. The smallest absolute Gasteiger partial charge is 0.364 e. The number of hydrogen-bond donors (Lipinski definition) is 1. The first kappa shape index (κ1) is 15.8. The van der Waals surface area contributed by atoms with E-state index in [1.807, 2.05) is 0 Å². The summed E-state index contributed by atoms with van der Waals surface area (Å²) in [7, 11) is 0. The van der Waals surface area contributed by atoms with Crippen molar-refractivity contribution in [3.8, 4) is 0 Å². The van der Waals surface area contributed by atoms with E-state index < -0.39 is 23.4 Å². The molecule has 2 N–H and O–H groups in total. The van der Waals surface area contributed by atoms with Crippen LogP contribution in [0.5, 0.6) is 0 Å². The van der Waals surface area contributed by atoms with Gasteiger partial charge in [-0.15, -0.1) is 0 Å². The summed E-state index contributed by atoms with van der Waals surface area (Å²) in [5, 5.41) is 0. The Kier molecular flexibility index (Phi) is 4.01. The zero-order chi connectivity index (χ0) is 15.8. The van der Waals surface area contributed by atoms with Crippen molar-refractivity contribution in [1.82, 2.24) is 14.5 Å². The number of halogens is 3. The summed E-state index contributed by atoms with van der Waals surface area (Å²) in [4.78, 5) is 16.6. The maximum absolute atomic E-state index is 13.1. The fourth-order valence-corrected chi connectivity index (χ4v) is 2.72. The summed E-state index contributed by atoms with van der Waals surface area (Å²) in [6.45, 7) is 5.62. The van der Waals surface area contributed by atoms with Crippen LogP contribution < -0.4 is 5.73 Å². The molecule has 0 bridgehead atoms. The van der Waals surface area contributed by atoms with Crippen LogP contribution in [0.2, 0.25) is 0 Å². The van der Waals surface area contributed by atoms with Crippen LogP contribution in [0.25, 0.3) is 0 Å². The van der Waals surface area contributed by atoms with Gasteiger partial charge < -0.3 is 15.2 Å². The van der Waals surface area contributed by atoms with Gasteiger partial charge in [-0.05, 0) is 39.8 Å². The monoisotopic (exact) mass is 304 g/mol. The van der Waals surface area contributed by atoms with Crippen molar-refractivity contribution in [1.29, 1.82) is 0 Å². The number of hydrogen-bond acceptors (Lipinski definition) is 3. The first-order valence-corrected chi connectivity index (χ1v) is 6.80. The van der Waals surface area contributed by atoms with E-state index in [1.54, 1.807) is 13.8 Å². The minimum Gasteiger partial charge on any atom is -0.364 e. The third-order valence-electron chi connectivity index (χ3n) is 3.67. The molecule has 1 aliphatic heterocycles. The summed E-state index contributed by atoms with van der Waals surface area (Å²) in [5.41, 5.74) is 3.85. The van der Waals surface area contributed by atoms with E-state index in [-0.39, 0.29) is 5.69 Å². The third-order valence-corrected chi connectivity index (χ3v) is 3.67. The average molecular weight is 304 g/mol. The quantitative estimate of drug-likeness (QED) is 0.923. The first-order valence-electron chi connectivity index (χ1n) is 6.80. The molecule has 1 amide bonds. The molecule has 0 unspecified atom stereocenters. The Bertz CT molecular complexity index is 530. The van der Waals surface area contributed by atoms with Crippen molar-refractivity contribution in [3.05, 3.63) is 17.7 Å². The van der Waals surface area contributed by atoms with Crippen LogP contribution in [0.3, 0.4) is 0 Å². The predicted molar refractivity (Wildman–Crippen MR) is 70.7 cm³/mol. The van der Waals surface area contributed by atoms with Gasteiger partial charge >= 0.3 is 6.18 Å². The van der Waals surface area contributed by atoms with E-state index in [9.17, 15) is 18.0 Å². The van der Waals surface area contributed by atoms with Crippen molar-refractivity contribution in [2.75, 3.05) is 19.6 Å². The second-order valence-electron chi connectivity index (χ2n) is 5.98. The summed E-state index contributed by atoms with van der Waals surface area (Å²) in [6.07, 6.45) is -1.42. The molecule has 0 saturated carbocycles. The number of imidazole rings is 1. The molecule has 1 fully saturated rings. The van der Waals surface area contributed by atoms with E-state index in [0.717, 1.165) is 36.7 Å². The number of carbonyl (C=O) groups is 1. The topological polar surface area (TPSA) is 64.2 Å². The van der Waals surface area contributed by atoms with Gasteiger partial charge in [0.2, 0.25) is 5.82 Å². The van der Waals surface area contributed by atoms with Crippen LogP contribution in [-0.4, -0.2) is 40.0 Å². The molecule has 0 aromatic carbocycles. The van der Waals surface area contributed by atoms with Gasteiger partial charge in [-0.25, -0.2) is 4.98 Å². The highest BCUT2D eigenvalue weighted by molar-refractivity contribution is 5.90.